The van der Waals surface area contributed by atoms with E-state index < -0.39 is 0 Å². The number of nitrogens with zero attached hydrogens (tertiary/aromatic N) is 2. The monoisotopic (exact) mass is 210 g/mol. The van der Waals surface area contributed by atoms with Crippen LogP contribution < -0.4 is 0 Å². The molecule has 1 aromatic rings. The molecule has 2 rings (SSSR count). The van der Waals surface area contributed by atoms with Gasteiger partial charge in [0.15, 0.2) is 6.29 Å². The predicted octanol–water partition coefficient (Wildman–Crippen LogP) is 2.07. The van der Waals surface area contributed by atoms with E-state index in [1.165, 1.54) is 0 Å². The van der Waals surface area contributed by atoms with Crippen LogP contribution in [0, 0.1) is 0 Å². The predicted molar refractivity (Wildman–Crippen MR) is 57.9 cm³/mol. The van der Waals surface area contributed by atoms with Crippen LogP contribution in [0.1, 0.15) is 41.6 Å². The Balaban J connectivity index is 2.51. The van der Waals surface area contributed by atoms with Crippen LogP contribution in [0.4, 0.5) is 0 Å². The lowest BCUT2D eigenvalue weighted by Crippen LogP contribution is -2.07. The number of hydrogen-bond acceptors (Lipinski definition) is 3. The maximum absolute atomic E-state index is 11.0. The summed E-state index contributed by atoms with van der Waals surface area (Å²) in [6.07, 6.45) is 1.94. The van der Waals surface area contributed by atoms with Crippen molar-refractivity contribution in [3.63, 3.8) is 0 Å². The van der Waals surface area contributed by atoms with E-state index in [1.807, 2.05) is 16.4 Å². The van der Waals surface area contributed by atoms with Gasteiger partial charge in [0.05, 0.1) is 5.69 Å². The standard InChI is InChI=1S/C10H14N2OS/c1-7(2)12-10(5-13)8-6-14-4-3-9(8)11-12/h5,7H,3-4,6H2,1-2H3. The molecule has 3 nitrogen and oxygen atoms in total. The van der Waals surface area contributed by atoms with E-state index in [9.17, 15) is 4.79 Å². The highest BCUT2D eigenvalue weighted by molar-refractivity contribution is 7.98. The zero-order valence-corrected chi connectivity index (χ0v) is 9.30. The lowest BCUT2D eigenvalue weighted by molar-refractivity contribution is 0.111. The normalized spacial score (nSPS) is 15.6. The molecule has 0 saturated carbocycles. The Bertz CT molecular complexity index is 357. The highest BCUT2D eigenvalue weighted by Gasteiger charge is 2.21. The van der Waals surface area contributed by atoms with Crippen LogP contribution in [-0.2, 0) is 12.2 Å². The minimum atomic E-state index is 0.269. The zero-order valence-electron chi connectivity index (χ0n) is 8.49. The molecular weight excluding hydrogens is 196 g/mol. The molecular formula is C10H14N2OS. The summed E-state index contributed by atoms with van der Waals surface area (Å²) < 4.78 is 1.85. The summed E-state index contributed by atoms with van der Waals surface area (Å²) in [5, 5.41) is 4.49. The molecule has 0 radical (unpaired) electrons. The van der Waals surface area contributed by atoms with E-state index in [2.05, 4.69) is 18.9 Å². The van der Waals surface area contributed by atoms with Crippen molar-refractivity contribution in [1.29, 1.82) is 0 Å². The van der Waals surface area contributed by atoms with Gasteiger partial charge in [0.25, 0.3) is 0 Å². The Morgan fingerprint density at radius 3 is 3.00 bits per heavy atom. The first-order valence-electron chi connectivity index (χ1n) is 4.87. The van der Waals surface area contributed by atoms with Gasteiger partial charge in [-0.25, -0.2) is 0 Å². The Hall–Kier alpha value is -0.770. The highest BCUT2D eigenvalue weighted by atomic mass is 32.2. The number of aldehydes is 1. The Morgan fingerprint density at radius 1 is 1.57 bits per heavy atom. The molecule has 14 heavy (non-hydrogen) atoms. The third-order valence-corrected chi connectivity index (χ3v) is 3.45. The molecule has 0 bridgehead atoms. The van der Waals surface area contributed by atoms with Crippen molar-refractivity contribution in [2.24, 2.45) is 0 Å². The van der Waals surface area contributed by atoms with Gasteiger partial charge in [0.2, 0.25) is 0 Å². The number of carbonyl (C=O) groups is 1. The van der Waals surface area contributed by atoms with Crippen molar-refractivity contribution in [3.05, 3.63) is 17.0 Å². The average Bonchev–Trinajstić information content (AvgIpc) is 2.56. The zero-order chi connectivity index (χ0) is 10.1. The molecule has 1 aromatic heterocycles. The smallest absolute Gasteiger partial charge is 0.168 e. The molecule has 0 N–H and O–H groups in total. The molecule has 4 heteroatoms. The number of aryl methyl sites for hydroxylation is 1. The topological polar surface area (TPSA) is 34.9 Å². The van der Waals surface area contributed by atoms with Crippen molar-refractivity contribution >= 4 is 18.0 Å². The Labute approximate surface area is 87.9 Å². The molecule has 0 spiro atoms. The van der Waals surface area contributed by atoms with Crippen molar-refractivity contribution in [2.45, 2.75) is 32.1 Å². The highest BCUT2D eigenvalue weighted by Crippen LogP contribution is 2.27. The van der Waals surface area contributed by atoms with Crippen LogP contribution in [-0.4, -0.2) is 21.8 Å². The second kappa shape index (κ2) is 3.77. The van der Waals surface area contributed by atoms with Crippen molar-refractivity contribution in [2.75, 3.05) is 5.75 Å². The van der Waals surface area contributed by atoms with Crippen LogP contribution in [0.15, 0.2) is 0 Å². The number of aromatic nitrogens is 2. The van der Waals surface area contributed by atoms with Crippen molar-refractivity contribution in [1.82, 2.24) is 9.78 Å². The molecule has 2 heterocycles. The lowest BCUT2D eigenvalue weighted by atomic mass is 10.1. The maximum atomic E-state index is 11.0. The third kappa shape index (κ3) is 1.47. The summed E-state index contributed by atoms with van der Waals surface area (Å²) in [5.74, 6) is 2.07. The SMILES string of the molecule is CC(C)n1nc2c(c1C=O)CSCC2. The van der Waals surface area contributed by atoms with E-state index in [-0.39, 0.29) is 6.04 Å². The minimum Gasteiger partial charge on any atom is -0.296 e. The van der Waals surface area contributed by atoms with Gasteiger partial charge < -0.3 is 0 Å². The van der Waals surface area contributed by atoms with Crippen LogP contribution in [0.3, 0.4) is 0 Å². The molecule has 0 amide bonds. The third-order valence-electron chi connectivity index (χ3n) is 2.46. The fourth-order valence-corrected chi connectivity index (χ4v) is 2.75. The van der Waals surface area contributed by atoms with Crippen molar-refractivity contribution in [3.8, 4) is 0 Å². The lowest BCUT2D eigenvalue weighted by Gasteiger charge is -2.08. The van der Waals surface area contributed by atoms with Gasteiger partial charge >= 0.3 is 0 Å². The van der Waals surface area contributed by atoms with E-state index in [0.29, 0.717) is 0 Å². The van der Waals surface area contributed by atoms with Gasteiger partial charge in [-0.15, -0.1) is 0 Å². The molecule has 1 aliphatic rings. The summed E-state index contributed by atoms with van der Waals surface area (Å²) in [7, 11) is 0. The van der Waals surface area contributed by atoms with Crippen LogP contribution in [0.5, 0.6) is 0 Å². The average molecular weight is 210 g/mol. The maximum Gasteiger partial charge on any atom is 0.168 e. The van der Waals surface area contributed by atoms with E-state index in [4.69, 9.17) is 0 Å². The fraction of sp³-hybridized carbons (Fsp3) is 0.600. The number of carbonyl (C=O) groups excluding carboxylic acids is 1. The largest absolute Gasteiger partial charge is 0.296 e. The van der Waals surface area contributed by atoms with Crippen LogP contribution >= 0.6 is 11.8 Å². The van der Waals surface area contributed by atoms with Crippen molar-refractivity contribution < 1.29 is 4.79 Å². The molecule has 0 aromatic carbocycles. The molecule has 0 fully saturated rings. The Morgan fingerprint density at radius 2 is 2.36 bits per heavy atom. The first-order chi connectivity index (χ1) is 6.74. The molecule has 0 atom stereocenters. The second-order valence-electron chi connectivity index (χ2n) is 3.77. The van der Waals surface area contributed by atoms with E-state index in [0.717, 1.165) is 41.2 Å². The number of rotatable bonds is 2. The summed E-state index contributed by atoms with van der Waals surface area (Å²) in [6.45, 7) is 4.11. The summed E-state index contributed by atoms with van der Waals surface area (Å²) in [5.41, 5.74) is 3.06. The summed E-state index contributed by atoms with van der Waals surface area (Å²) >= 11 is 1.88. The van der Waals surface area contributed by atoms with Gasteiger partial charge in [-0.3, -0.25) is 9.48 Å². The first-order valence-corrected chi connectivity index (χ1v) is 6.02. The quantitative estimate of drug-likeness (QED) is 0.701. The van der Waals surface area contributed by atoms with Gasteiger partial charge in [-0.05, 0) is 19.6 Å². The Kier molecular flexibility index (Phi) is 2.63. The molecule has 76 valence electrons. The van der Waals surface area contributed by atoms with Gasteiger partial charge in [-0.1, -0.05) is 0 Å². The van der Waals surface area contributed by atoms with Gasteiger partial charge in [0.1, 0.15) is 5.69 Å². The summed E-state index contributed by atoms with van der Waals surface area (Å²) in [4.78, 5) is 11.0. The fourth-order valence-electron chi connectivity index (χ4n) is 1.75. The van der Waals surface area contributed by atoms with Crippen LogP contribution in [0.25, 0.3) is 0 Å². The number of hydrogen-bond donors (Lipinski definition) is 0. The molecule has 0 saturated heterocycles. The second-order valence-corrected chi connectivity index (χ2v) is 4.87. The van der Waals surface area contributed by atoms with Crippen LogP contribution in [0.2, 0.25) is 0 Å². The molecule has 0 aliphatic carbocycles. The van der Waals surface area contributed by atoms with E-state index >= 15 is 0 Å². The van der Waals surface area contributed by atoms with E-state index in [1.54, 1.807) is 0 Å². The first kappa shape index (κ1) is 9.77. The number of thioether (sulfide) groups is 1. The minimum absolute atomic E-state index is 0.269. The summed E-state index contributed by atoms with van der Waals surface area (Å²) in [6, 6.07) is 0.269. The van der Waals surface area contributed by atoms with Gasteiger partial charge in [0, 0.05) is 23.8 Å². The van der Waals surface area contributed by atoms with Gasteiger partial charge in [-0.2, -0.15) is 16.9 Å². The number of fused-ring (bicyclic) bond motifs is 1. The molecule has 1 aliphatic heterocycles. The molecule has 0 unspecified atom stereocenters.